The molecule has 0 radical (unpaired) electrons. The van der Waals surface area contributed by atoms with Crippen molar-refractivity contribution in [3.63, 3.8) is 0 Å². The summed E-state index contributed by atoms with van der Waals surface area (Å²) in [4.78, 5) is 0. The highest BCUT2D eigenvalue weighted by Crippen LogP contribution is 2.26. The predicted molar refractivity (Wildman–Crippen MR) is 69.9 cm³/mol. The molecule has 0 aliphatic heterocycles. The molecular formula is C13H11N3S. The number of nitrogens with zero attached hydrogens (tertiary/aromatic N) is 2. The Morgan fingerprint density at radius 2 is 1.88 bits per heavy atom. The van der Waals surface area contributed by atoms with Crippen LogP contribution < -0.4 is 5.73 Å². The zero-order chi connectivity index (χ0) is 11.7. The van der Waals surface area contributed by atoms with Crippen LogP contribution in [0.1, 0.15) is 17.3 Å². The quantitative estimate of drug-likeness (QED) is 0.750. The molecule has 0 amide bonds. The zero-order valence-corrected chi connectivity index (χ0v) is 9.89. The van der Waals surface area contributed by atoms with Crippen LogP contribution in [0.5, 0.6) is 0 Å². The van der Waals surface area contributed by atoms with Crippen molar-refractivity contribution in [2.75, 3.05) is 0 Å². The minimum atomic E-state index is -0.208. The zero-order valence-electron chi connectivity index (χ0n) is 9.08. The van der Waals surface area contributed by atoms with E-state index in [9.17, 15) is 0 Å². The van der Waals surface area contributed by atoms with Crippen molar-refractivity contribution < 1.29 is 0 Å². The second-order valence-electron chi connectivity index (χ2n) is 3.88. The van der Waals surface area contributed by atoms with Gasteiger partial charge in [0.2, 0.25) is 0 Å². The van der Waals surface area contributed by atoms with Crippen LogP contribution in [-0.2, 0) is 0 Å². The number of hydrogen-bond donors (Lipinski definition) is 1. The van der Waals surface area contributed by atoms with Crippen molar-refractivity contribution in [2.24, 2.45) is 5.73 Å². The predicted octanol–water partition coefficient (Wildman–Crippen LogP) is 2.74. The lowest BCUT2D eigenvalue weighted by Crippen LogP contribution is -2.12. The van der Waals surface area contributed by atoms with Crippen molar-refractivity contribution >= 4 is 22.5 Å². The van der Waals surface area contributed by atoms with Gasteiger partial charge in [-0.3, -0.25) is 0 Å². The third-order valence-corrected chi connectivity index (χ3v) is 3.35. The lowest BCUT2D eigenvalue weighted by Gasteiger charge is -2.11. The van der Waals surface area contributed by atoms with Gasteiger partial charge in [-0.2, -0.15) is 8.75 Å². The lowest BCUT2D eigenvalue weighted by atomic mass is 9.98. The van der Waals surface area contributed by atoms with Crippen LogP contribution in [0.3, 0.4) is 0 Å². The standard InChI is InChI=1S/C13H11N3S/c14-13(12-8-15-17-16-12)11-7-3-5-9-4-1-2-6-10(9)11/h1-8,13H,14H2. The van der Waals surface area contributed by atoms with E-state index in [0.717, 1.165) is 11.3 Å². The second kappa shape index (κ2) is 4.24. The molecule has 0 spiro atoms. The normalized spacial score (nSPS) is 12.8. The number of hydrogen-bond acceptors (Lipinski definition) is 4. The Kier molecular flexibility index (Phi) is 2.59. The van der Waals surface area contributed by atoms with Crippen molar-refractivity contribution in [1.29, 1.82) is 0 Å². The Bertz CT molecular complexity index is 629. The molecule has 3 aromatic rings. The minimum Gasteiger partial charge on any atom is -0.319 e. The van der Waals surface area contributed by atoms with Gasteiger partial charge in [0, 0.05) is 0 Å². The van der Waals surface area contributed by atoms with Gasteiger partial charge >= 0.3 is 0 Å². The molecule has 0 aliphatic carbocycles. The van der Waals surface area contributed by atoms with E-state index < -0.39 is 0 Å². The second-order valence-corrected chi connectivity index (χ2v) is 4.44. The number of aromatic nitrogens is 2. The maximum Gasteiger partial charge on any atom is 0.0955 e. The smallest absolute Gasteiger partial charge is 0.0955 e. The van der Waals surface area contributed by atoms with Crippen LogP contribution in [0.2, 0.25) is 0 Å². The summed E-state index contributed by atoms with van der Waals surface area (Å²) in [5, 5.41) is 2.37. The molecule has 1 atom stereocenters. The van der Waals surface area contributed by atoms with Crippen LogP contribution >= 0.6 is 11.7 Å². The highest BCUT2D eigenvalue weighted by molar-refractivity contribution is 6.99. The van der Waals surface area contributed by atoms with E-state index in [4.69, 9.17) is 5.73 Å². The lowest BCUT2D eigenvalue weighted by molar-refractivity contribution is 0.852. The van der Waals surface area contributed by atoms with Crippen LogP contribution in [-0.4, -0.2) is 8.75 Å². The SMILES string of the molecule is NC(c1cnsn1)c1cccc2ccccc12. The molecule has 3 rings (SSSR count). The molecular weight excluding hydrogens is 230 g/mol. The summed E-state index contributed by atoms with van der Waals surface area (Å²) in [6.45, 7) is 0. The van der Waals surface area contributed by atoms with Gasteiger partial charge in [-0.05, 0) is 16.3 Å². The van der Waals surface area contributed by atoms with E-state index in [2.05, 4.69) is 26.9 Å². The summed E-state index contributed by atoms with van der Waals surface area (Å²) in [5.74, 6) is 0. The first-order valence-corrected chi connectivity index (χ1v) is 6.10. The fourth-order valence-electron chi connectivity index (χ4n) is 1.99. The highest BCUT2D eigenvalue weighted by Gasteiger charge is 2.13. The van der Waals surface area contributed by atoms with E-state index >= 15 is 0 Å². The topological polar surface area (TPSA) is 51.8 Å². The fourth-order valence-corrected chi connectivity index (χ4v) is 2.45. The average Bonchev–Trinajstić information content (AvgIpc) is 2.91. The van der Waals surface area contributed by atoms with E-state index in [0.29, 0.717) is 0 Å². The van der Waals surface area contributed by atoms with E-state index in [1.54, 1.807) is 6.20 Å². The summed E-state index contributed by atoms with van der Waals surface area (Å²) in [6.07, 6.45) is 1.73. The van der Waals surface area contributed by atoms with Crippen molar-refractivity contribution in [3.05, 3.63) is 59.9 Å². The number of rotatable bonds is 2. The number of nitrogens with two attached hydrogens (primary N) is 1. The summed E-state index contributed by atoms with van der Waals surface area (Å²) < 4.78 is 8.20. The molecule has 1 aromatic heterocycles. The molecule has 2 N–H and O–H groups in total. The Labute approximate surface area is 103 Å². The fraction of sp³-hybridized carbons (Fsp3) is 0.0769. The van der Waals surface area contributed by atoms with Crippen molar-refractivity contribution in [2.45, 2.75) is 6.04 Å². The van der Waals surface area contributed by atoms with E-state index in [1.807, 2.05) is 24.3 Å². The van der Waals surface area contributed by atoms with E-state index in [1.165, 1.54) is 22.5 Å². The van der Waals surface area contributed by atoms with Gasteiger partial charge in [0.15, 0.2) is 0 Å². The van der Waals surface area contributed by atoms with Gasteiger partial charge < -0.3 is 5.73 Å². The summed E-state index contributed by atoms with van der Waals surface area (Å²) in [7, 11) is 0. The van der Waals surface area contributed by atoms with Crippen molar-refractivity contribution in [1.82, 2.24) is 8.75 Å². The molecule has 84 valence electrons. The Morgan fingerprint density at radius 3 is 2.71 bits per heavy atom. The van der Waals surface area contributed by atoms with Crippen LogP contribution in [0.15, 0.2) is 48.7 Å². The van der Waals surface area contributed by atoms with Gasteiger partial charge in [-0.25, -0.2) is 0 Å². The minimum absolute atomic E-state index is 0.208. The van der Waals surface area contributed by atoms with Crippen LogP contribution in [0.4, 0.5) is 0 Å². The molecule has 17 heavy (non-hydrogen) atoms. The molecule has 0 saturated heterocycles. The molecule has 0 saturated carbocycles. The summed E-state index contributed by atoms with van der Waals surface area (Å²) >= 11 is 1.19. The maximum absolute atomic E-state index is 6.23. The van der Waals surface area contributed by atoms with Gasteiger partial charge in [0.1, 0.15) is 0 Å². The van der Waals surface area contributed by atoms with Crippen LogP contribution in [0, 0.1) is 0 Å². The Balaban J connectivity index is 2.17. The molecule has 2 aromatic carbocycles. The van der Waals surface area contributed by atoms with Crippen LogP contribution in [0.25, 0.3) is 10.8 Å². The average molecular weight is 241 g/mol. The molecule has 0 fully saturated rings. The molecule has 1 heterocycles. The molecule has 3 nitrogen and oxygen atoms in total. The molecule has 4 heteroatoms. The highest BCUT2D eigenvalue weighted by atomic mass is 32.1. The molecule has 0 bridgehead atoms. The maximum atomic E-state index is 6.23. The van der Waals surface area contributed by atoms with E-state index in [-0.39, 0.29) is 6.04 Å². The number of fused-ring (bicyclic) bond motifs is 1. The third kappa shape index (κ3) is 1.81. The first-order chi connectivity index (χ1) is 8.36. The first kappa shape index (κ1) is 10.4. The molecule has 1 unspecified atom stereocenters. The number of benzene rings is 2. The monoisotopic (exact) mass is 241 g/mol. The van der Waals surface area contributed by atoms with Gasteiger partial charge in [0.05, 0.1) is 29.7 Å². The first-order valence-electron chi connectivity index (χ1n) is 5.37. The van der Waals surface area contributed by atoms with Gasteiger partial charge in [-0.1, -0.05) is 42.5 Å². The van der Waals surface area contributed by atoms with Crippen molar-refractivity contribution in [3.8, 4) is 0 Å². The Morgan fingerprint density at radius 1 is 1.06 bits per heavy atom. The Hall–Kier alpha value is -1.78. The largest absolute Gasteiger partial charge is 0.319 e. The summed E-state index contributed by atoms with van der Waals surface area (Å²) in [5.41, 5.74) is 8.15. The van der Waals surface area contributed by atoms with Gasteiger partial charge in [0.25, 0.3) is 0 Å². The molecule has 0 aliphatic rings. The summed E-state index contributed by atoms with van der Waals surface area (Å²) in [6, 6.07) is 14.2. The third-order valence-electron chi connectivity index (χ3n) is 2.86. The van der Waals surface area contributed by atoms with Gasteiger partial charge in [-0.15, -0.1) is 0 Å².